The zero-order valence-electron chi connectivity index (χ0n) is 17.8. The first-order valence-electron chi connectivity index (χ1n) is 10.4. The van der Waals surface area contributed by atoms with E-state index in [-0.39, 0.29) is 12.5 Å². The van der Waals surface area contributed by atoms with Gasteiger partial charge in [-0.1, -0.05) is 43.2 Å². The number of fused-ring (bicyclic) bond motifs is 1. The van der Waals surface area contributed by atoms with Crippen LogP contribution in [-0.2, 0) is 33.7 Å². The summed E-state index contributed by atoms with van der Waals surface area (Å²) in [7, 11) is 0. The van der Waals surface area contributed by atoms with Crippen molar-refractivity contribution >= 4 is 34.1 Å². The van der Waals surface area contributed by atoms with Gasteiger partial charge in [0.15, 0.2) is 0 Å². The third-order valence-electron chi connectivity index (χ3n) is 5.46. The van der Waals surface area contributed by atoms with Crippen molar-refractivity contribution in [3.05, 3.63) is 51.4 Å². The number of anilines is 1. The summed E-state index contributed by atoms with van der Waals surface area (Å²) in [6.07, 6.45) is 3.81. The van der Waals surface area contributed by atoms with E-state index in [9.17, 15) is 14.4 Å². The zero-order valence-corrected chi connectivity index (χ0v) is 18.6. The number of aryl methyl sites for hydroxylation is 1. The fourth-order valence-electron chi connectivity index (χ4n) is 3.70. The average Bonchev–Trinajstić information content (AvgIpc) is 3.09. The molecule has 1 aromatic carbocycles. The van der Waals surface area contributed by atoms with Gasteiger partial charge in [0.05, 0.1) is 5.56 Å². The van der Waals surface area contributed by atoms with Crippen LogP contribution in [0.4, 0.5) is 5.00 Å². The smallest absolute Gasteiger partial charge is 0.329 e. The second-order valence-electron chi connectivity index (χ2n) is 7.83. The van der Waals surface area contributed by atoms with E-state index in [1.165, 1.54) is 11.3 Å². The SMILES string of the molecule is CC[C@H]1CCc2c(sc(NC(=O)COCC(=O)O)c2C(=O)NCc2ccc(C)cc2)C1. The van der Waals surface area contributed by atoms with Gasteiger partial charge in [-0.2, -0.15) is 0 Å². The second-order valence-corrected chi connectivity index (χ2v) is 8.93. The molecule has 3 N–H and O–H groups in total. The normalized spacial score (nSPS) is 15.2. The van der Waals surface area contributed by atoms with Crippen molar-refractivity contribution < 1.29 is 24.2 Å². The maximum absolute atomic E-state index is 13.1. The lowest BCUT2D eigenvalue weighted by atomic mass is 9.85. The Kier molecular flexibility index (Phi) is 7.81. The van der Waals surface area contributed by atoms with Crippen LogP contribution in [0.2, 0.25) is 0 Å². The molecule has 166 valence electrons. The number of aliphatic carboxylic acids is 1. The molecule has 0 unspecified atom stereocenters. The predicted octanol–water partition coefficient (Wildman–Crippen LogP) is 3.54. The van der Waals surface area contributed by atoms with Gasteiger partial charge in [-0.05, 0) is 43.2 Å². The Hall–Kier alpha value is -2.71. The molecule has 0 aliphatic heterocycles. The number of hydrogen-bond acceptors (Lipinski definition) is 5. The molecule has 0 spiro atoms. The first-order valence-corrected chi connectivity index (χ1v) is 11.3. The van der Waals surface area contributed by atoms with Crippen LogP contribution in [0.15, 0.2) is 24.3 Å². The summed E-state index contributed by atoms with van der Waals surface area (Å²) >= 11 is 1.44. The van der Waals surface area contributed by atoms with Crippen LogP contribution in [-0.4, -0.2) is 36.1 Å². The van der Waals surface area contributed by atoms with Crippen LogP contribution in [0, 0.1) is 12.8 Å². The number of carbonyl (C=O) groups is 3. The Labute approximate surface area is 185 Å². The molecule has 1 aliphatic carbocycles. The van der Waals surface area contributed by atoms with Gasteiger partial charge < -0.3 is 20.5 Å². The van der Waals surface area contributed by atoms with E-state index >= 15 is 0 Å². The quantitative estimate of drug-likeness (QED) is 0.549. The van der Waals surface area contributed by atoms with Crippen LogP contribution in [0.3, 0.4) is 0 Å². The molecule has 8 heteroatoms. The van der Waals surface area contributed by atoms with Crippen molar-refractivity contribution in [3.63, 3.8) is 0 Å². The lowest BCUT2D eigenvalue weighted by molar-refractivity contribution is -0.143. The molecule has 31 heavy (non-hydrogen) atoms. The molecule has 1 heterocycles. The van der Waals surface area contributed by atoms with Gasteiger partial charge in [0, 0.05) is 11.4 Å². The molecule has 1 aliphatic rings. The Morgan fingerprint density at radius 1 is 1.19 bits per heavy atom. The van der Waals surface area contributed by atoms with E-state index in [1.54, 1.807) is 0 Å². The fraction of sp³-hybridized carbons (Fsp3) is 0.435. The maximum atomic E-state index is 13.1. The number of nitrogens with one attached hydrogen (secondary N) is 2. The molecule has 1 atom stereocenters. The van der Waals surface area contributed by atoms with E-state index in [1.807, 2.05) is 31.2 Å². The van der Waals surface area contributed by atoms with Crippen molar-refractivity contribution in [2.45, 2.75) is 46.1 Å². The Bertz CT molecular complexity index is 952. The van der Waals surface area contributed by atoms with Gasteiger partial charge in [0.25, 0.3) is 11.8 Å². The van der Waals surface area contributed by atoms with E-state index in [0.29, 0.717) is 23.0 Å². The molecule has 2 aromatic rings. The van der Waals surface area contributed by atoms with Crippen LogP contribution >= 0.6 is 11.3 Å². The zero-order chi connectivity index (χ0) is 22.4. The first kappa shape index (κ1) is 23.0. The molecular weight excluding hydrogens is 416 g/mol. The highest BCUT2D eigenvalue weighted by Gasteiger charge is 2.29. The monoisotopic (exact) mass is 444 g/mol. The number of carboxylic acid groups (broad SMARTS) is 1. The highest BCUT2D eigenvalue weighted by atomic mass is 32.1. The summed E-state index contributed by atoms with van der Waals surface area (Å²) < 4.78 is 4.87. The number of rotatable bonds is 9. The minimum absolute atomic E-state index is 0.213. The number of hydrogen-bond donors (Lipinski definition) is 3. The summed E-state index contributed by atoms with van der Waals surface area (Å²) in [5, 5.41) is 14.9. The number of thiophene rings is 1. The van der Waals surface area contributed by atoms with Crippen LogP contribution in [0.5, 0.6) is 0 Å². The lowest BCUT2D eigenvalue weighted by Gasteiger charge is -2.21. The third-order valence-corrected chi connectivity index (χ3v) is 6.63. The minimum Gasteiger partial charge on any atom is -0.480 e. The average molecular weight is 445 g/mol. The summed E-state index contributed by atoms with van der Waals surface area (Å²) in [4.78, 5) is 37.1. The van der Waals surface area contributed by atoms with Crippen molar-refractivity contribution in [2.75, 3.05) is 18.5 Å². The molecule has 0 bridgehead atoms. The van der Waals surface area contributed by atoms with Gasteiger partial charge in [0.1, 0.15) is 18.2 Å². The van der Waals surface area contributed by atoms with Gasteiger partial charge >= 0.3 is 5.97 Å². The maximum Gasteiger partial charge on any atom is 0.329 e. The largest absolute Gasteiger partial charge is 0.480 e. The number of carboxylic acids is 1. The summed E-state index contributed by atoms with van der Waals surface area (Å²) in [6.45, 7) is 3.66. The molecule has 0 fully saturated rings. The molecule has 0 saturated heterocycles. The summed E-state index contributed by atoms with van der Waals surface area (Å²) in [5.41, 5.74) is 3.69. The van der Waals surface area contributed by atoms with E-state index in [4.69, 9.17) is 9.84 Å². The lowest BCUT2D eigenvalue weighted by Crippen LogP contribution is -2.27. The predicted molar refractivity (Wildman–Crippen MR) is 120 cm³/mol. The van der Waals surface area contributed by atoms with E-state index in [0.717, 1.165) is 47.3 Å². The molecule has 0 saturated carbocycles. The van der Waals surface area contributed by atoms with Gasteiger partial charge in [-0.3, -0.25) is 9.59 Å². The molecule has 3 rings (SSSR count). The van der Waals surface area contributed by atoms with Gasteiger partial charge in [-0.15, -0.1) is 11.3 Å². The van der Waals surface area contributed by atoms with Crippen LogP contribution in [0.25, 0.3) is 0 Å². The topological polar surface area (TPSA) is 105 Å². The minimum atomic E-state index is -1.14. The van der Waals surface area contributed by atoms with Gasteiger partial charge in [0.2, 0.25) is 0 Å². The Balaban J connectivity index is 1.76. The first-order chi connectivity index (χ1) is 14.9. The Morgan fingerprint density at radius 2 is 1.94 bits per heavy atom. The molecule has 2 amide bonds. The Morgan fingerprint density at radius 3 is 2.61 bits per heavy atom. The second kappa shape index (κ2) is 10.5. The van der Waals surface area contributed by atoms with Gasteiger partial charge in [-0.25, -0.2) is 4.79 Å². The number of carbonyl (C=O) groups excluding carboxylic acids is 2. The number of amides is 2. The highest BCUT2D eigenvalue weighted by molar-refractivity contribution is 7.17. The van der Waals surface area contributed by atoms with Crippen molar-refractivity contribution in [1.82, 2.24) is 5.32 Å². The van der Waals surface area contributed by atoms with Crippen LogP contribution in [0.1, 0.15) is 51.7 Å². The standard InChI is InChI=1S/C23H28N2O5S/c1-3-15-8-9-17-18(10-15)31-23(25-19(26)12-30-13-20(27)28)21(17)22(29)24-11-16-6-4-14(2)5-7-16/h4-7,15H,3,8-13H2,1-2H3,(H,24,29)(H,25,26)(H,27,28)/t15-/m0/s1. The van der Waals surface area contributed by atoms with Crippen molar-refractivity contribution in [1.29, 1.82) is 0 Å². The van der Waals surface area contributed by atoms with Crippen molar-refractivity contribution in [3.8, 4) is 0 Å². The highest BCUT2D eigenvalue weighted by Crippen LogP contribution is 2.40. The van der Waals surface area contributed by atoms with E-state index < -0.39 is 18.5 Å². The fourth-order valence-corrected chi connectivity index (χ4v) is 5.08. The molecule has 7 nitrogen and oxygen atoms in total. The van der Waals surface area contributed by atoms with E-state index in [2.05, 4.69) is 17.6 Å². The summed E-state index contributed by atoms with van der Waals surface area (Å²) in [6, 6.07) is 7.96. The van der Waals surface area contributed by atoms with Crippen molar-refractivity contribution in [2.24, 2.45) is 5.92 Å². The molecular formula is C23H28N2O5S. The number of ether oxygens (including phenoxy) is 1. The van der Waals surface area contributed by atoms with Crippen LogP contribution < -0.4 is 10.6 Å². The molecule has 0 radical (unpaired) electrons. The molecule has 1 aromatic heterocycles. The summed E-state index contributed by atoms with van der Waals surface area (Å²) in [5.74, 6) is -1.24. The third kappa shape index (κ3) is 6.15. The number of benzene rings is 1.